The number of hydrogen-bond donors (Lipinski definition) is 0. The first-order valence-electron chi connectivity index (χ1n) is 21.3. The summed E-state index contributed by atoms with van der Waals surface area (Å²) < 4.78 is 5.90. The normalized spacial score (nSPS) is 21.4. The molecule has 5 heterocycles. The molecule has 0 N–H and O–H groups in total. The smallest absolute Gasteiger partial charge is 0.261 e. The van der Waals surface area contributed by atoms with Crippen LogP contribution in [0.15, 0.2) is 126 Å². The number of carbonyl (C=O) groups excluding carboxylic acids is 2. The van der Waals surface area contributed by atoms with Crippen molar-refractivity contribution in [3.63, 3.8) is 0 Å². The van der Waals surface area contributed by atoms with Crippen LogP contribution in [0, 0.1) is 6.92 Å². The highest BCUT2D eigenvalue weighted by molar-refractivity contribution is 6.04. The van der Waals surface area contributed by atoms with Crippen LogP contribution in [0.2, 0.25) is 0 Å². The van der Waals surface area contributed by atoms with Gasteiger partial charge in [0.2, 0.25) is 5.91 Å². The molecule has 0 bridgehead atoms. The number of carbonyl (C=O) groups is 2. The molecule has 0 unspecified atom stereocenters. The Hall–Kier alpha value is -5.60. The second kappa shape index (κ2) is 17.1. The summed E-state index contributed by atoms with van der Waals surface area (Å²) in [6.45, 7) is 5.51. The van der Waals surface area contributed by atoms with E-state index in [1.807, 2.05) is 54.6 Å². The molecule has 0 aromatic heterocycles. The van der Waals surface area contributed by atoms with Crippen LogP contribution in [0.3, 0.4) is 0 Å². The molecular formula is C50H53N5O3. The number of nitrogens with zero attached hydrogens (tertiary/aromatic N) is 5. The average molecular weight is 772 g/mol. The van der Waals surface area contributed by atoms with Crippen molar-refractivity contribution >= 4 is 34.4 Å². The Kier molecular flexibility index (Phi) is 11.2. The number of ether oxygens (including phenoxy) is 1. The van der Waals surface area contributed by atoms with Gasteiger partial charge in [-0.2, -0.15) is 0 Å². The van der Waals surface area contributed by atoms with Gasteiger partial charge in [0.1, 0.15) is 11.8 Å². The van der Waals surface area contributed by atoms with Gasteiger partial charge in [-0.05, 0) is 109 Å². The summed E-state index contributed by atoms with van der Waals surface area (Å²) in [5.41, 5.74) is 11.3. The maximum atomic E-state index is 14.4. The molecule has 3 saturated heterocycles. The Morgan fingerprint density at radius 1 is 0.621 bits per heavy atom. The summed E-state index contributed by atoms with van der Waals surface area (Å²) in [6, 6.07) is 35.6. The minimum Gasteiger partial charge on any atom is -0.484 e. The summed E-state index contributed by atoms with van der Waals surface area (Å²) in [4.78, 5) is 43.9. The number of aliphatic imine (C=N–C) groups is 2. The molecule has 9 rings (SSSR count). The van der Waals surface area contributed by atoms with Gasteiger partial charge in [-0.25, -0.2) is 0 Å². The molecule has 8 nitrogen and oxygen atoms in total. The fraction of sp³-hybridized carbons (Fsp3) is 0.360. The van der Waals surface area contributed by atoms with Gasteiger partial charge < -0.3 is 14.5 Å². The van der Waals surface area contributed by atoms with Crippen molar-refractivity contribution in [2.24, 2.45) is 9.98 Å². The van der Waals surface area contributed by atoms with Crippen LogP contribution in [0.5, 0.6) is 5.75 Å². The van der Waals surface area contributed by atoms with Crippen LogP contribution in [0.25, 0.3) is 22.3 Å². The lowest BCUT2D eigenvalue weighted by molar-refractivity contribution is -0.137. The number of allylic oxidation sites excluding steroid dienone is 2. The largest absolute Gasteiger partial charge is 0.484 e. The summed E-state index contributed by atoms with van der Waals surface area (Å²) in [6.07, 6.45) is 12.9. The summed E-state index contributed by atoms with van der Waals surface area (Å²) in [5, 5.41) is 0. The molecule has 0 aliphatic carbocycles. The lowest BCUT2D eigenvalue weighted by atomic mass is 9.94. The van der Waals surface area contributed by atoms with E-state index in [1.54, 1.807) is 0 Å². The van der Waals surface area contributed by atoms with Crippen molar-refractivity contribution in [1.82, 2.24) is 14.7 Å². The third-order valence-electron chi connectivity index (χ3n) is 12.8. The lowest BCUT2D eigenvalue weighted by Crippen LogP contribution is -2.48. The predicted molar refractivity (Wildman–Crippen MR) is 233 cm³/mol. The predicted octanol–water partition coefficient (Wildman–Crippen LogP) is 9.32. The van der Waals surface area contributed by atoms with Gasteiger partial charge in [0.25, 0.3) is 5.91 Å². The van der Waals surface area contributed by atoms with Crippen LogP contribution in [-0.4, -0.2) is 82.8 Å². The molecule has 8 heteroatoms. The van der Waals surface area contributed by atoms with Gasteiger partial charge >= 0.3 is 0 Å². The molecule has 0 saturated carbocycles. The van der Waals surface area contributed by atoms with Crippen LogP contribution in [0.4, 0.5) is 0 Å². The zero-order chi connectivity index (χ0) is 39.4. The number of amides is 2. The monoisotopic (exact) mass is 771 g/mol. The number of likely N-dealkylation sites (tertiary alicyclic amines) is 3. The number of aryl methyl sites for hydroxylation is 1. The van der Waals surface area contributed by atoms with Gasteiger partial charge in [-0.1, -0.05) is 103 Å². The Bertz CT molecular complexity index is 2250. The molecule has 0 spiro atoms. The Morgan fingerprint density at radius 3 is 1.76 bits per heavy atom. The van der Waals surface area contributed by atoms with Crippen molar-refractivity contribution in [2.75, 3.05) is 32.8 Å². The first-order valence-corrected chi connectivity index (χ1v) is 21.3. The molecule has 3 atom stereocenters. The van der Waals surface area contributed by atoms with E-state index in [-0.39, 0.29) is 36.5 Å². The second-order valence-corrected chi connectivity index (χ2v) is 16.5. The molecule has 4 aromatic carbocycles. The molecular weight excluding hydrogens is 719 g/mol. The minimum atomic E-state index is -0.227. The van der Waals surface area contributed by atoms with Crippen molar-refractivity contribution < 1.29 is 14.3 Å². The van der Waals surface area contributed by atoms with Crippen molar-refractivity contribution in [3.8, 4) is 16.9 Å². The quantitative estimate of drug-likeness (QED) is 0.152. The van der Waals surface area contributed by atoms with Gasteiger partial charge in [0.15, 0.2) is 6.61 Å². The third kappa shape index (κ3) is 7.95. The van der Waals surface area contributed by atoms with E-state index in [0.29, 0.717) is 0 Å². The lowest BCUT2D eigenvalue weighted by Gasteiger charge is -2.37. The molecule has 296 valence electrons. The van der Waals surface area contributed by atoms with E-state index in [2.05, 4.69) is 82.6 Å². The molecule has 5 aliphatic rings. The summed E-state index contributed by atoms with van der Waals surface area (Å²) >= 11 is 0. The fourth-order valence-electron chi connectivity index (χ4n) is 9.62. The van der Waals surface area contributed by atoms with E-state index in [0.717, 1.165) is 123 Å². The highest BCUT2D eigenvalue weighted by Gasteiger charge is 2.40. The SMILES string of the molecule is Cc1ccccc1OCC(=O)N1CCC[C@H]1C1=NC=C(c2ccc(-c3ccc(C4=CN=C([C@@H]5CCCN5C(=O)[C@@H](c5ccccc5)N5CCCCC5)C4)cc3)cc2)C1. The Balaban J connectivity index is 0.794. The molecule has 0 radical (unpaired) electrons. The minimum absolute atomic E-state index is 0.0159. The molecule has 3 fully saturated rings. The van der Waals surface area contributed by atoms with Gasteiger partial charge in [0, 0.05) is 49.8 Å². The van der Waals surface area contributed by atoms with Crippen molar-refractivity contribution in [3.05, 3.63) is 138 Å². The zero-order valence-electron chi connectivity index (χ0n) is 33.6. The highest BCUT2D eigenvalue weighted by Crippen LogP contribution is 2.36. The molecule has 5 aliphatic heterocycles. The number of hydrogen-bond acceptors (Lipinski definition) is 6. The maximum absolute atomic E-state index is 14.4. The van der Waals surface area contributed by atoms with Gasteiger partial charge in [0.05, 0.1) is 12.1 Å². The average Bonchev–Trinajstić information content (AvgIpc) is 4.12. The maximum Gasteiger partial charge on any atom is 0.261 e. The van der Waals surface area contributed by atoms with E-state index in [9.17, 15) is 9.59 Å². The van der Waals surface area contributed by atoms with Crippen LogP contribution >= 0.6 is 0 Å². The number of para-hydroxylation sites is 1. The fourth-order valence-corrected chi connectivity index (χ4v) is 9.62. The first-order chi connectivity index (χ1) is 28.5. The van der Waals surface area contributed by atoms with E-state index in [1.165, 1.54) is 23.1 Å². The first kappa shape index (κ1) is 37.9. The van der Waals surface area contributed by atoms with Crippen molar-refractivity contribution in [2.45, 2.75) is 82.8 Å². The summed E-state index contributed by atoms with van der Waals surface area (Å²) in [7, 11) is 0. The van der Waals surface area contributed by atoms with Crippen molar-refractivity contribution in [1.29, 1.82) is 0 Å². The van der Waals surface area contributed by atoms with E-state index in [4.69, 9.17) is 14.7 Å². The van der Waals surface area contributed by atoms with Gasteiger partial charge in [-0.15, -0.1) is 0 Å². The van der Waals surface area contributed by atoms with Crippen LogP contribution in [-0.2, 0) is 9.59 Å². The second-order valence-electron chi connectivity index (χ2n) is 16.5. The topological polar surface area (TPSA) is 77.8 Å². The van der Waals surface area contributed by atoms with Crippen LogP contribution < -0.4 is 4.74 Å². The third-order valence-corrected chi connectivity index (χ3v) is 12.8. The highest BCUT2D eigenvalue weighted by atomic mass is 16.5. The van der Waals surface area contributed by atoms with Gasteiger partial charge in [-0.3, -0.25) is 24.5 Å². The molecule has 4 aromatic rings. The van der Waals surface area contributed by atoms with Crippen LogP contribution in [0.1, 0.15) is 86.1 Å². The number of benzene rings is 4. The Labute approximate surface area is 342 Å². The zero-order valence-corrected chi connectivity index (χ0v) is 33.6. The summed E-state index contributed by atoms with van der Waals surface area (Å²) in [5.74, 6) is 0.999. The number of piperidine rings is 1. The number of rotatable bonds is 11. The Morgan fingerprint density at radius 2 is 1.16 bits per heavy atom. The molecule has 58 heavy (non-hydrogen) atoms. The van der Waals surface area contributed by atoms with E-state index < -0.39 is 0 Å². The van der Waals surface area contributed by atoms with E-state index >= 15 is 0 Å². The molecule has 2 amide bonds. The standard InChI is InChI=1S/C50H53N5O3/c1-35-12-6-7-17-47(35)58-34-48(56)54-28-10-15-45(54)43-30-41(32-51-43)38-22-18-36(19-23-38)37-20-24-39(25-21-37)42-31-44(52-33-42)46-16-11-29-55(46)50(57)49(40-13-4-2-5-14-40)53-26-8-3-9-27-53/h2,4-7,12-14,17-25,32-33,45-46,49H,3,8-11,15-16,26-31,34H2,1H3/t45-,46-,49+/m0/s1.